The first-order valence-corrected chi connectivity index (χ1v) is 8.07. The topological polar surface area (TPSA) is 47.0 Å². The average molecular weight is 375 g/mol. The van der Waals surface area contributed by atoms with E-state index in [1.807, 2.05) is 0 Å². The largest absolute Gasteiger partial charge is 0.381 e. The predicted octanol–water partition coefficient (Wildman–Crippen LogP) is 3.22. The van der Waals surface area contributed by atoms with Crippen LogP contribution in [0.5, 0.6) is 0 Å². The third-order valence-corrected chi connectivity index (χ3v) is 4.31. The molecular formula is C14H22IN3O. The standard InChI is InChI=1S/C14H22IN3O/c1-4-16-14-12(15)11(7-9(2)3)17-13(18-14)10-5-6-19-8-10/h9-10H,4-8H2,1-3H3,(H,16,17,18). The van der Waals surface area contributed by atoms with Crippen LogP contribution < -0.4 is 5.32 Å². The van der Waals surface area contributed by atoms with Gasteiger partial charge in [-0.25, -0.2) is 9.97 Å². The van der Waals surface area contributed by atoms with Crippen molar-refractivity contribution in [3.05, 3.63) is 15.1 Å². The fourth-order valence-electron chi connectivity index (χ4n) is 2.24. The Bertz CT molecular complexity index is 431. The Balaban J connectivity index is 2.34. The summed E-state index contributed by atoms with van der Waals surface area (Å²) >= 11 is 2.36. The summed E-state index contributed by atoms with van der Waals surface area (Å²) in [5.74, 6) is 2.89. The van der Waals surface area contributed by atoms with Crippen molar-refractivity contribution in [3.63, 3.8) is 0 Å². The lowest BCUT2D eigenvalue weighted by atomic mass is 10.1. The van der Waals surface area contributed by atoms with Gasteiger partial charge in [0, 0.05) is 19.1 Å². The van der Waals surface area contributed by atoms with Crippen LogP contribution >= 0.6 is 22.6 Å². The van der Waals surface area contributed by atoms with E-state index >= 15 is 0 Å². The Hall–Kier alpha value is -0.430. The first-order chi connectivity index (χ1) is 9.11. The first-order valence-electron chi connectivity index (χ1n) is 6.99. The van der Waals surface area contributed by atoms with E-state index < -0.39 is 0 Å². The Morgan fingerprint density at radius 3 is 2.79 bits per heavy atom. The van der Waals surface area contributed by atoms with E-state index in [0.29, 0.717) is 11.8 Å². The van der Waals surface area contributed by atoms with Gasteiger partial charge in [-0.05, 0) is 48.3 Å². The molecule has 1 N–H and O–H groups in total. The molecule has 1 atom stereocenters. The molecule has 0 saturated carbocycles. The molecule has 0 aliphatic carbocycles. The zero-order valence-electron chi connectivity index (χ0n) is 11.9. The molecular weight excluding hydrogens is 353 g/mol. The average Bonchev–Trinajstić information content (AvgIpc) is 2.87. The number of nitrogens with one attached hydrogen (secondary N) is 1. The molecule has 1 aromatic rings. The number of rotatable bonds is 5. The molecule has 2 rings (SSSR count). The van der Waals surface area contributed by atoms with Gasteiger partial charge in [-0.15, -0.1) is 0 Å². The molecule has 2 heterocycles. The number of aromatic nitrogens is 2. The molecule has 0 bridgehead atoms. The summed E-state index contributed by atoms with van der Waals surface area (Å²) in [6.45, 7) is 9.02. The van der Waals surface area contributed by atoms with E-state index in [9.17, 15) is 0 Å². The van der Waals surface area contributed by atoms with Gasteiger partial charge in [0.15, 0.2) is 0 Å². The van der Waals surface area contributed by atoms with Crippen LogP contribution in [0.1, 0.15) is 44.6 Å². The summed E-state index contributed by atoms with van der Waals surface area (Å²) in [5.41, 5.74) is 1.17. The van der Waals surface area contributed by atoms with E-state index in [2.05, 4.69) is 48.7 Å². The summed E-state index contributed by atoms with van der Waals surface area (Å²) in [6, 6.07) is 0. The maximum absolute atomic E-state index is 5.46. The van der Waals surface area contributed by atoms with Gasteiger partial charge in [-0.2, -0.15) is 0 Å². The van der Waals surface area contributed by atoms with Crippen LogP contribution in [-0.4, -0.2) is 29.7 Å². The molecule has 1 unspecified atom stereocenters. The van der Waals surface area contributed by atoms with E-state index in [4.69, 9.17) is 14.7 Å². The predicted molar refractivity (Wildman–Crippen MR) is 85.6 cm³/mol. The van der Waals surface area contributed by atoms with E-state index in [1.54, 1.807) is 0 Å². The molecule has 1 saturated heterocycles. The van der Waals surface area contributed by atoms with Crippen molar-refractivity contribution < 1.29 is 4.74 Å². The minimum absolute atomic E-state index is 0.361. The molecule has 0 radical (unpaired) electrons. The van der Waals surface area contributed by atoms with Gasteiger partial charge < -0.3 is 10.1 Å². The Morgan fingerprint density at radius 2 is 2.21 bits per heavy atom. The Kier molecular flexibility index (Phi) is 5.38. The van der Waals surface area contributed by atoms with Crippen LogP contribution in [0.15, 0.2) is 0 Å². The molecule has 4 nitrogen and oxygen atoms in total. The molecule has 0 aromatic carbocycles. The summed E-state index contributed by atoms with van der Waals surface area (Å²) < 4.78 is 6.62. The molecule has 1 aromatic heterocycles. The van der Waals surface area contributed by atoms with Crippen molar-refractivity contribution in [2.75, 3.05) is 25.1 Å². The maximum Gasteiger partial charge on any atom is 0.143 e. The van der Waals surface area contributed by atoms with Crippen molar-refractivity contribution in [3.8, 4) is 0 Å². The molecule has 0 amide bonds. The van der Waals surface area contributed by atoms with Crippen LogP contribution in [0.2, 0.25) is 0 Å². The van der Waals surface area contributed by atoms with Crippen molar-refractivity contribution in [1.29, 1.82) is 0 Å². The second-order valence-electron chi connectivity index (χ2n) is 5.38. The second kappa shape index (κ2) is 6.83. The molecule has 1 aliphatic rings. The smallest absolute Gasteiger partial charge is 0.143 e. The van der Waals surface area contributed by atoms with E-state index in [-0.39, 0.29) is 0 Å². The maximum atomic E-state index is 5.46. The normalized spacial score (nSPS) is 19.1. The number of hydrogen-bond acceptors (Lipinski definition) is 4. The molecule has 106 valence electrons. The highest BCUT2D eigenvalue weighted by Crippen LogP contribution is 2.27. The summed E-state index contributed by atoms with van der Waals surface area (Å²) in [5, 5.41) is 3.35. The molecule has 19 heavy (non-hydrogen) atoms. The summed E-state index contributed by atoms with van der Waals surface area (Å²) in [6.07, 6.45) is 2.03. The van der Waals surface area contributed by atoms with Crippen LogP contribution in [0, 0.1) is 9.49 Å². The molecule has 1 fully saturated rings. The number of nitrogens with zero attached hydrogens (tertiary/aromatic N) is 2. The van der Waals surface area contributed by atoms with Crippen LogP contribution in [0.4, 0.5) is 5.82 Å². The van der Waals surface area contributed by atoms with Crippen LogP contribution in [0.25, 0.3) is 0 Å². The number of ether oxygens (including phenoxy) is 1. The number of halogens is 1. The van der Waals surface area contributed by atoms with Crippen molar-refractivity contribution in [1.82, 2.24) is 9.97 Å². The van der Waals surface area contributed by atoms with Gasteiger partial charge >= 0.3 is 0 Å². The highest BCUT2D eigenvalue weighted by atomic mass is 127. The fraction of sp³-hybridized carbons (Fsp3) is 0.714. The van der Waals surface area contributed by atoms with Crippen LogP contribution in [0.3, 0.4) is 0 Å². The highest BCUT2D eigenvalue weighted by Gasteiger charge is 2.23. The minimum Gasteiger partial charge on any atom is -0.381 e. The van der Waals surface area contributed by atoms with Crippen molar-refractivity contribution >= 4 is 28.4 Å². The monoisotopic (exact) mass is 375 g/mol. The van der Waals surface area contributed by atoms with Crippen molar-refractivity contribution in [2.45, 2.75) is 39.5 Å². The van der Waals surface area contributed by atoms with Crippen molar-refractivity contribution in [2.24, 2.45) is 5.92 Å². The van der Waals surface area contributed by atoms with Crippen LogP contribution in [-0.2, 0) is 11.2 Å². The Morgan fingerprint density at radius 1 is 1.42 bits per heavy atom. The van der Waals surface area contributed by atoms with Gasteiger partial charge in [-0.3, -0.25) is 0 Å². The zero-order chi connectivity index (χ0) is 13.8. The van der Waals surface area contributed by atoms with Gasteiger partial charge in [-0.1, -0.05) is 13.8 Å². The first kappa shape index (κ1) is 15.0. The Labute approximate surface area is 128 Å². The van der Waals surface area contributed by atoms with Gasteiger partial charge in [0.25, 0.3) is 0 Å². The lowest BCUT2D eigenvalue weighted by Crippen LogP contribution is -2.14. The van der Waals surface area contributed by atoms with E-state index in [0.717, 1.165) is 47.8 Å². The quantitative estimate of drug-likeness (QED) is 0.803. The second-order valence-corrected chi connectivity index (χ2v) is 6.46. The third-order valence-electron chi connectivity index (χ3n) is 3.18. The number of hydrogen-bond donors (Lipinski definition) is 1. The SMILES string of the molecule is CCNc1nc(C2CCOC2)nc(CC(C)C)c1I. The number of anilines is 1. The minimum atomic E-state index is 0.361. The van der Waals surface area contributed by atoms with Gasteiger partial charge in [0.1, 0.15) is 11.6 Å². The highest BCUT2D eigenvalue weighted by molar-refractivity contribution is 14.1. The third kappa shape index (κ3) is 3.78. The molecule has 1 aliphatic heterocycles. The summed E-state index contributed by atoms with van der Waals surface area (Å²) in [7, 11) is 0. The van der Waals surface area contributed by atoms with Gasteiger partial charge in [0.05, 0.1) is 15.9 Å². The zero-order valence-corrected chi connectivity index (χ0v) is 14.0. The van der Waals surface area contributed by atoms with Gasteiger partial charge in [0.2, 0.25) is 0 Å². The van der Waals surface area contributed by atoms with E-state index in [1.165, 1.54) is 5.69 Å². The molecule has 5 heteroatoms. The lowest BCUT2D eigenvalue weighted by molar-refractivity contribution is 0.193. The summed E-state index contributed by atoms with van der Waals surface area (Å²) in [4.78, 5) is 9.50. The fourth-order valence-corrected chi connectivity index (χ4v) is 2.89. The lowest BCUT2D eigenvalue weighted by Gasteiger charge is -2.15. The molecule has 0 spiro atoms.